The van der Waals surface area contributed by atoms with Gasteiger partial charge in [-0.15, -0.1) is 0 Å². The summed E-state index contributed by atoms with van der Waals surface area (Å²) in [4.78, 5) is 0. The zero-order valence-electron chi connectivity index (χ0n) is 11.4. The van der Waals surface area contributed by atoms with E-state index in [1.54, 1.807) is 18.3 Å². The zero-order chi connectivity index (χ0) is 13.1. The zero-order valence-corrected chi connectivity index (χ0v) is 12.3. The molecule has 0 spiro atoms. The van der Waals surface area contributed by atoms with Crippen LogP contribution in [0, 0.1) is 0 Å². The molecule has 1 aliphatic rings. The van der Waals surface area contributed by atoms with E-state index >= 15 is 0 Å². The van der Waals surface area contributed by atoms with Crippen molar-refractivity contribution in [1.82, 2.24) is 9.62 Å². The van der Waals surface area contributed by atoms with Crippen LogP contribution in [0.5, 0.6) is 0 Å². The molecule has 0 radical (unpaired) electrons. The Morgan fingerprint density at radius 2 is 1.76 bits per heavy atom. The van der Waals surface area contributed by atoms with Crippen LogP contribution in [0.15, 0.2) is 0 Å². The fourth-order valence-electron chi connectivity index (χ4n) is 2.27. The third-order valence-electron chi connectivity index (χ3n) is 3.56. The molecule has 0 aliphatic heterocycles. The Morgan fingerprint density at radius 1 is 1.24 bits per heavy atom. The molecule has 0 saturated heterocycles. The number of hydrogen-bond donors (Lipinski definition) is 1. The van der Waals surface area contributed by atoms with Crippen LogP contribution in [-0.4, -0.2) is 43.6 Å². The second kappa shape index (κ2) is 6.16. The van der Waals surface area contributed by atoms with E-state index < -0.39 is 10.0 Å². The molecule has 1 aliphatic carbocycles. The van der Waals surface area contributed by atoms with Crippen molar-refractivity contribution in [3.63, 3.8) is 0 Å². The fraction of sp³-hybridized carbons (Fsp3) is 1.00. The van der Waals surface area contributed by atoms with E-state index in [1.807, 2.05) is 13.8 Å². The number of nitrogens with one attached hydrogen (secondary N) is 1. The van der Waals surface area contributed by atoms with Gasteiger partial charge in [0.2, 0.25) is 10.0 Å². The quantitative estimate of drug-likeness (QED) is 0.790. The minimum Gasteiger partial charge on any atom is -0.313 e. The third-order valence-corrected chi connectivity index (χ3v) is 5.85. The Hall–Kier alpha value is -0.130. The molecule has 1 fully saturated rings. The predicted molar refractivity (Wildman–Crippen MR) is 71.5 cm³/mol. The first-order valence-electron chi connectivity index (χ1n) is 6.56. The lowest BCUT2D eigenvalue weighted by atomic mass is 10.3. The summed E-state index contributed by atoms with van der Waals surface area (Å²) < 4.78 is 26.2. The SMILES string of the molecule is CC(C)NCC(C)S(=O)(=O)N(C)C1CCCC1. The van der Waals surface area contributed by atoms with Gasteiger partial charge >= 0.3 is 0 Å². The fourth-order valence-corrected chi connectivity index (χ4v) is 3.77. The summed E-state index contributed by atoms with van der Waals surface area (Å²) in [7, 11) is -1.41. The van der Waals surface area contributed by atoms with Crippen molar-refractivity contribution in [2.75, 3.05) is 13.6 Å². The van der Waals surface area contributed by atoms with Crippen molar-refractivity contribution in [2.24, 2.45) is 0 Å². The van der Waals surface area contributed by atoms with Gasteiger partial charge in [0.05, 0.1) is 5.25 Å². The summed E-state index contributed by atoms with van der Waals surface area (Å²) in [5, 5.41) is 2.84. The molecule has 0 aromatic rings. The Bertz CT molecular complexity index is 321. The van der Waals surface area contributed by atoms with Crippen molar-refractivity contribution >= 4 is 10.0 Å². The van der Waals surface area contributed by atoms with Gasteiger partial charge in [-0.3, -0.25) is 0 Å². The Morgan fingerprint density at radius 3 is 2.24 bits per heavy atom. The average molecular weight is 262 g/mol. The minimum atomic E-state index is -3.15. The normalized spacial score (nSPS) is 20.4. The molecule has 1 N–H and O–H groups in total. The topological polar surface area (TPSA) is 49.4 Å². The lowest BCUT2D eigenvalue weighted by Crippen LogP contribution is -2.44. The molecule has 0 aromatic heterocycles. The third kappa shape index (κ3) is 3.93. The molecule has 0 heterocycles. The average Bonchev–Trinajstić information content (AvgIpc) is 2.77. The van der Waals surface area contributed by atoms with Crippen LogP contribution in [0.4, 0.5) is 0 Å². The van der Waals surface area contributed by atoms with Crippen molar-refractivity contribution in [2.45, 2.75) is 63.8 Å². The van der Waals surface area contributed by atoms with Gasteiger partial charge in [-0.2, -0.15) is 0 Å². The Kier molecular flexibility index (Phi) is 5.41. The smallest absolute Gasteiger partial charge is 0.217 e. The van der Waals surface area contributed by atoms with E-state index in [4.69, 9.17) is 0 Å². The maximum Gasteiger partial charge on any atom is 0.217 e. The molecular formula is C12H26N2O2S. The lowest BCUT2D eigenvalue weighted by Gasteiger charge is -2.27. The van der Waals surface area contributed by atoms with Crippen LogP contribution in [0.3, 0.4) is 0 Å². The number of rotatable bonds is 6. The predicted octanol–water partition coefficient (Wildman–Crippen LogP) is 1.58. The van der Waals surface area contributed by atoms with Gasteiger partial charge < -0.3 is 5.32 Å². The maximum atomic E-state index is 12.3. The van der Waals surface area contributed by atoms with E-state index in [1.165, 1.54) is 0 Å². The second-order valence-electron chi connectivity index (χ2n) is 5.37. The van der Waals surface area contributed by atoms with E-state index in [2.05, 4.69) is 5.32 Å². The summed E-state index contributed by atoms with van der Waals surface area (Å²) in [6.45, 7) is 6.37. The van der Waals surface area contributed by atoms with Gasteiger partial charge in [0.1, 0.15) is 0 Å². The highest BCUT2D eigenvalue weighted by Crippen LogP contribution is 2.25. The van der Waals surface area contributed by atoms with E-state index in [0.717, 1.165) is 25.7 Å². The van der Waals surface area contributed by atoms with Crippen LogP contribution in [0.25, 0.3) is 0 Å². The minimum absolute atomic E-state index is 0.224. The highest BCUT2D eigenvalue weighted by atomic mass is 32.2. The van der Waals surface area contributed by atoms with Crippen LogP contribution in [-0.2, 0) is 10.0 Å². The largest absolute Gasteiger partial charge is 0.313 e. The highest BCUT2D eigenvalue weighted by Gasteiger charge is 2.32. The van der Waals surface area contributed by atoms with Gasteiger partial charge in [0, 0.05) is 25.7 Å². The van der Waals surface area contributed by atoms with E-state index in [9.17, 15) is 8.42 Å². The molecule has 17 heavy (non-hydrogen) atoms. The molecule has 1 rings (SSSR count). The molecule has 1 unspecified atom stereocenters. The summed E-state index contributed by atoms with van der Waals surface area (Å²) in [6.07, 6.45) is 4.34. The summed E-state index contributed by atoms with van der Waals surface area (Å²) in [6, 6.07) is 0.547. The van der Waals surface area contributed by atoms with E-state index in [-0.39, 0.29) is 11.3 Å². The molecule has 1 atom stereocenters. The molecule has 102 valence electrons. The van der Waals surface area contributed by atoms with Gasteiger partial charge in [-0.05, 0) is 19.8 Å². The lowest BCUT2D eigenvalue weighted by molar-refractivity contribution is 0.366. The Labute approximate surface area is 106 Å². The highest BCUT2D eigenvalue weighted by molar-refractivity contribution is 7.89. The first kappa shape index (κ1) is 14.9. The molecule has 1 saturated carbocycles. The van der Waals surface area contributed by atoms with Gasteiger partial charge in [0.25, 0.3) is 0 Å². The molecule has 0 aromatic carbocycles. The van der Waals surface area contributed by atoms with Crippen molar-refractivity contribution in [3.8, 4) is 0 Å². The Balaban J connectivity index is 2.59. The summed E-state index contributed by atoms with van der Waals surface area (Å²) in [5.41, 5.74) is 0. The molecular weight excluding hydrogens is 236 g/mol. The van der Waals surface area contributed by atoms with Crippen LogP contribution in [0.1, 0.15) is 46.5 Å². The molecule has 5 heteroatoms. The van der Waals surface area contributed by atoms with Gasteiger partial charge in [-0.25, -0.2) is 12.7 Å². The summed E-state index contributed by atoms with van der Waals surface area (Å²) >= 11 is 0. The number of nitrogens with zero attached hydrogens (tertiary/aromatic N) is 1. The first-order valence-corrected chi connectivity index (χ1v) is 8.06. The van der Waals surface area contributed by atoms with Crippen molar-refractivity contribution < 1.29 is 8.42 Å². The molecule has 0 amide bonds. The van der Waals surface area contributed by atoms with Gasteiger partial charge in [-0.1, -0.05) is 26.7 Å². The number of hydrogen-bond acceptors (Lipinski definition) is 3. The van der Waals surface area contributed by atoms with Gasteiger partial charge in [0.15, 0.2) is 0 Å². The first-order chi connectivity index (χ1) is 7.85. The van der Waals surface area contributed by atoms with Crippen molar-refractivity contribution in [3.05, 3.63) is 0 Å². The van der Waals surface area contributed by atoms with Crippen LogP contribution >= 0.6 is 0 Å². The van der Waals surface area contributed by atoms with Crippen molar-refractivity contribution in [1.29, 1.82) is 0 Å². The molecule has 0 bridgehead atoms. The standard InChI is InChI=1S/C12H26N2O2S/c1-10(2)13-9-11(3)17(15,16)14(4)12-7-5-6-8-12/h10-13H,5-9H2,1-4H3. The van der Waals surface area contributed by atoms with Crippen LogP contribution < -0.4 is 5.32 Å². The summed E-state index contributed by atoms with van der Waals surface area (Å²) in [5.74, 6) is 0. The second-order valence-corrected chi connectivity index (χ2v) is 7.78. The molecule has 4 nitrogen and oxygen atoms in total. The van der Waals surface area contributed by atoms with Crippen LogP contribution in [0.2, 0.25) is 0 Å². The number of sulfonamides is 1. The van der Waals surface area contributed by atoms with E-state index in [0.29, 0.717) is 12.6 Å². The monoisotopic (exact) mass is 262 g/mol. The maximum absolute atomic E-state index is 12.3.